The van der Waals surface area contributed by atoms with E-state index in [0.29, 0.717) is 6.04 Å². The average Bonchev–Trinajstić information content (AvgIpc) is 2.36. The summed E-state index contributed by atoms with van der Waals surface area (Å²) in [5.74, 6) is 0.884. The van der Waals surface area contributed by atoms with Gasteiger partial charge in [-0.15, -0.1) is 0 Å². The highest BCUT2D eigenvalue weighted by molar-refractivity contribution is 4.76. The fraction of sp³-hybridized carbons (Fsp3) is 1.00. The summed E-state index contributed by atoms with van der Waals surface area (Å²) in [5, 5.41) is 0. The Morgan fingerprint density at radius 1 is 1.64 bits per heavy atom. The third-order valence-electron chi connectivity index (χ3n) is 2.49. The molecule has 0 aliphatic carbocycles. The maximum atomic E-state index is 5.11. The molecular weight excluding hydrogens is 138 g/mol. The molecule has 0 N–H and O–H groups in total. The van der Waals surface area contributed by atoms with Gasteiger partial charge in [-0.25, -0.2) is 0 Å². The molecule has 1 aliphatic rings. The monoisotopic (exact) mass is 157 g/mol. The van der Waals surface area contributed by atoms with Gasteiger partial charge in [0.25, 0.3) is 0 Å². The van der Waals surface area contributed by atoms with Crippen LogP contribution in [0.5, 0.6) is 0 Å². The zero-order valence-electron chi connectivity index (χ0n) is 7.84. The zero-order chi connectivity index (χ0) is 8.27. The van der Waals surface area contributed by atoms with Crippen LogP contribution in [0.3, 0.4) is 0 Å². The summed E-state index contributed by atoms with van der Waals surface area (Å²) in [5.41, 5.74) is 0. The second-order valence-electron chi connectivity index (χ2n) is 3.69. The molecule has 0 aromatic rings. The van der Waals surface area contributed by atoms with Gasteiger partial charge in [0.1, 0.15) is 0 Å². The predicted octanol–water partition coefficient (Wildman–Crippen LogP) is 1.36. The van der Waals surface area contributed by atoms with Crippen molar-refractivity contribution in [1.82, 2.24) is 4.90 Å². The summed E-state index contributed by atoms with van der Waals surface area (Å²) in [6, 6.07) is 0.602. The van der Waals surface area contributed by atoms with Crippen LogP contribution in [0.2, 0.25) is 0 Å². The molecule has 0 aromatic heterocycles. The van der Waals surface area contributed by atoms with Crippen LogP contribution in [0.1, 0.15) is 20.3 Å². The Balaban J connectivity index is 2.25. The molecule has 0 radical (unpaired) electrons. The van der Waals surface area contributed by atoms with E-state index in [1.165, 1.54) is 19.5 Å². The molecule has 1 fully saturated rings. The minimum Gasteiger partial charge on any atom is -0.383 e. The molecule has 1 rings (SSSR count). The van der Waals surface area contributed by atoms with Crippen LogP contribution in [0.15, 0.2) is 0 Å². The maximum absolute atomic E-state index is 5.11. The highest BCUT2D eigenvalue weighted by atomic mass is 16.5. The largest absolute Gasteiger partial charge is 0.383 e. The lowest BCUT2D eigenvalue weighted by Crippen LogP contribution is -2.34. The fourth-order valence-corrected chi connectivity index (χ4v) is 1.72. The standard InChI is InChI=1S/C9H19NO/c1-8-4-5-10(6-8)9(2)7-11-3/h8-9H,4-7H2,1-3H3/t8-,9+/m1/s1. The van der Waals surface area contributed by atoms with E-state index in [1.54, 1.807) is 7.11 Å². The summed E-state index contributed by atoms with van der Waals surface area (Å²) in [6.07, 6.45) is 1.36. The van der Waals surface area contributed by atoms with E-state index in [0.717, 1.165) is 12.5 Å². The molecule has 0 saturated carbocycles. The third-order valence-corrected chi connectivity index (χ3v) is 2.49. The second-order valence-corrected chi connectivity index (χ2v) is 3.69. The lowest BCUT2D eigenvalue weighted by atomic mass is 10.2. The van der Waals surface area contributed by atoms with Gasteiger partial charge in [0.15, 0.2) is 0 Å². The molecule has 2 nitrogen and oxygen atoms in total. The third kappa shape index (κ3) is 2.46. The summed E-state index contributed by atoms with van der Waals surface area (Å²) < 4.78 is 5.11. The van der Waals surface area contributed by atoms with Gasteiger partial charge in [0.2, 0.25) is 0 Å². The first-order valence-electron chi connectivity index (χ1n) is 4.47. The van der Waals surface area contributed by atoms with Gasteiger partial charge in [0.05, 0.1) is 6.61 Å². The Morgan fingerprint density at radius 2 is 2.36 bits per heavy atom. The summed E-state index contributed by atoms with van der Waals surface area (Å²) in [7, 11) is 1.77. The van der Waals surface area contributed by atoms with Gasteiger partial charge in [-0.3, -0.25) is 4.90 Å². The van der Waals surface area contributed by atoms with Crippen LogP contribution in [-0.2, 0) is 4.74 Å². The van der Waals surface area contributed by atoms with Gasteiger partial charge in [-0.05, 0) is 25.8 Å². The van der Waals surface area contributed by atoms with Crippen LogP contribution in [0, 0.1) is 5.92 Å². The zero-order valence-corrected chi connectivity index (χ0v) is 7.84. The molecular formula is C9H19NO. The first-order valence-corrected chi connectivity index (χ1v) is 4.47. The Labute approximate surface area is 69.5 Å². The number of hydrogen-bond acceptors (Lipinski definition) is 2. The van der Waals surface area contributed by atoms with Crippen LogP contribution in [-0.4, -0.2) is 37.7 Å². The van der Waals surface area contributed by atoms with Crippen molar-refractivity contribution < 1.29 is 4.74 Å². The van der Waals surface area contributed by atoms with Crippen molar-refractivity contribution in [3.05, 3.63) is 0 Å². The normalized spacial score (nSPS) is 29.2. The second kappa shape index (κ2) is 4.07. The molecule has 0 aromatic carbocycles. The molecule has 0 amide bonds. The topological polar surface area (TPSA) is 12.5 Å². The lowest BCUT2D eigenvalue weighted by Gasteiger charge is -2.22. The van der Waals surface area contributed by atoms with Gasteiger partial charge in [-0.2, -0.15) is 0 Å². The smallest absolute Gasteiger partial charge is 0.0615 e. The van der Waals surface area contributed by atoms with E-state index in [4.69, 9.17) is 4.74 Å². The minimum absolute atomic E-state index is 0.602. The number of nitrogens with zero attached hydrogens (tertiary/aromatic N) is 1. The number of likely N-dealkylation sites (tertiary alicyclic amines) is 1. The predicted molar refractivity (Wildman–Crippen MR) is 46.7 cm³/mol. The highest BCUT2D eigenvalue weighted by Gasteiger charge is 2.22. The van der Waals surface area contributed by atoms with Crippen molar-refractivity contribution in [1.29, 1.82) is 0 Å². The lowest BCUT2D eigenvalue weighted by molar-refractivity contribution is 0.113. The van der Waals surface area contributed by atoms with Crippen LogP contribution in [0.25, 0.3) is 0 Å². The van der Waals surface area contributed by atoms with Gasteiger partial charge >= 0.3 is 0 Å². The molecule has 1 heterocycles. The number of rotatable bonds is 3. The fourth-order valence-electron chi connectivity index (χ4n) is 1.72. The molecule has 66 valence electrons. The van der Waals surface area contributed by atoms with E-state index in [9.17, 15) is 0 Å². The summed E-state index contributed by atoms with van der Waals surface area (Å²) >= 11 is 0. The van der Waals surface area contributed by atoms with Crippen molar-refractivity contribution in [2.45, 2.75) is 26.3 Å². The van der Waals surface area contributed by atoms with E-state index in [2.05, 4.69) is 18.7 Å². The van der Waals surface area contributed by atoms with E-state index >= 15 is 0 Å². The quantitative estimate of drug-likeness (QED) is 0.613. The summed E-state index contributed by atoms with van der Waals surface area (Å²) in [4.78, 5) is 2.51. The Kier molecular flexibility index (Phi) is 3.34. The van der Waals surface area contributed by atoms with E-state index in [-0.39, 0.29) is 0 Å². The van der Waals surface area contributed by atoms with Crippen LogP contribution in [0.4, 0.5) is 0 Å². The van der Waals surface area contributed by atoms with Crippen molar-refractivity contribution in [3.8, 4) is 0 Å². The van der Waals surface area contributed by atoms with Crippen LogP contribution < -0.4 is 0 Å². The van der Waals surface area contributed by atoms with Crippen molar-refractivity contribution in [2.75, 3.05) is 26.8 Å². The molecule has 0 spiro atoms. The number of ether oxygens (including phenoxy) is 1. The Hall–Kier alpha value is -0.0800. The minimum atomic E-state index is 0.602. The van der Waals surface area contributed by atoms with E-state index < -0.39 is 0 Å². The summed E-state index contributed by atoms with van der Waals surface area (Å²) in [6.45, 7) is 7.93. The molecule has 0 bridgehead atoms. The first kappa shape index (κ1) is 9.01. The molecule has 1 saturated heterocycles. The molecule has 1 aliphatic heterocycles. The van der Waals surface area contributed by atoms with Crippen molar-refractivity contribution in [3.63, 3.8) is 0 Å². The van der Waals surface area contributed by atoms with E-state index in [1.807, 2.05) is 0 Å². The Morgan fingerprint density at radius 3 is 2.82 bits per heavy atom. The molecule has 2 atom stereocenters. The highest BCUT2D eigenvalue weighted by Crippen LogP contribution is 2.17. The number of methoxy groups -OCH3 is 1. The Bertz CT molecular complexity index is 116. The molecule has 0 unspecified atom stereocenters. The van der Waals surface area contributed by atoms with Crippen LogP contribution >= 0.6 is 0 Å². The molecule has 11 heavy (non-hydrogen) atoms. The number of hydrogen-bond donors (Lipinski definition) is 0. The van der Waals surface area contributed by atoms with Gasteiger partial charge < -0.3 is 4.74 Å². The SMILES string of the molecule is COC[C@H](C)N1CC[C@@H](C)C1. The van der Waals surface area contributed by atoms with Crippen molar-refractivity contribution in [2.24, 2.45) is 5.92 Å². The molecule has 2 heteroatoms. The average molecular weight is 157 g/mol. The maximum Gasteiger partial charge on any atom is 0.0615 e. The van der Waals surface area contributed by atoms with Gasteiger partial charge in [-0.1, -0.05) is 6.92 Å². The first-order chi connectivity index (χ1) is 5.24. The van der Waals surface area contributed by atoms with Crippen molar-refractivity contribution >= 4 is 0 Å². The van der Waals surface area contributed by atoms with Gasteiger partial charge in [0, 0.05) is 19.7 Å².